The molecule has 1 aromatic heterocycles. The van der Waals surface area contributed by atoms with Crippen LogP contribution in [0, 0.1) is 0 Å². The molecule has 8 heteroatoms. The van der Waals surface area contributed by atoms with Crippen LogP contribution in [0.1, 0.15) is 19.4 Å². The Hall–Kier alpha value is -2.12. The van der Waals surface area contributed by atoms with Crippen molar-refractivity contribution in [3.05, 3.63) is 53.2 Å². The van der Waals surface area contributed by atoms with E-state index in [0.29, 0.717) is 24.0 Å². The molecule has 0 unspecified atom stereocenters. The first-order valence-electron chi connectivity index (χ1n) is 8.64. The Morgan fingerprint density at radius 2 is 1.89 bits per heavy atom. The minimum absolute atomic E-state index is 0.0154. The van der Waals surface area contributed by atoms with Gasteiger partial charge in [-0.1, -0.05) is 23.7 Å². The highest BCUT2D eigenvalue weighted by Gasteiger charge is 2.32. The fourth-order valence-corrected chi connectivity index (χ4v) is 3.85. The zero-order valence-corrected chi connectivity index (χ0v) is 16.7. The maximum Gasteiger partial charge on any atom is 0.227 e. The molecule has 144 valence electrons. The van der Waals surface area contributed by atoms with Gasteiger partial charge in [-0.05, 0) is 37.6 Å². The third-order valence-corrected chi connectivity index (χ3v) is 6.81. The van der Waals surface area contributed by atoms with E-state index in [1.165, 1.54) is 6.20 Å². The molecule has 1 amide bonds. The minimum atomic E-state index is -3.30. The lowest BCUT2D eigenvalue weighted by molar-refractivity contribution is -0.139. The molecular weight excluding hydrogens is 388 g/mol. The smallest absolute Gasteiger partial charge is 0.227 e. The number of aromatic nitrogens is 1. The van der Waals surface area contributed by atoms with Crippen molar-refractivity contribution in [3.8, 4) is 5.88 Å². The number of amides is 1. The molecule has 0 N–H and O–H groups in total. The van der Waals surface area contributed by atoms with Crippen LogP contribution in [-0.4, -0.2) is 48.7 Å². The number of rotatable bonds is 6. The molecule has 3 rings (SSSR count). The van der Waals surface area contributed by atoms with Gasteiger partial charge in [0.2, 0.25) is 11.8 Å². The number of carbonyl (C=O) groups is 1. The van der Waals surface area contributed by atoms with Crippen LogP contribution in [0.5, 0.6) is 5.88 Å². The number of hydrogen-bond acceptors (Lipinski definition) is 5. The molecule has 0 atom stereocenters. The number of nitrogens with zero attached hydrogens (tertiary/aromatic N) is 2. The summed E-state index contributed by atoms with van der Waals surface area (Å²) >= 11 is 5.78. The van der Waals surface area contributed by atoms with Crippen molar-refractivity contribution >= 4 is 27.3 Å². The van der Waals surface area contributed by atoms with Crippen molar-refractivity contribution in [1.82, 2.24) is 9.88 Å². The van der Waals surface area contributed by atoms with E-state index in [0.717, 1.165) is 5.56 Å². The molecule has 1 saturated heterocycles. The topological polar surface area (TPSA) is 76.6 Å². The van der Waals surface area contributed by atoms with E-state index in [2.05, 4.69) is 4.98 Å². The summed E-state index contributed by atoms with van der Waals surface area (Å²) in [7, 11) is -3.30. The Kier molecular flexibility index (Phi) is 5.72. The summed E-state index contributed by atoms with van der Waals surface area (Å²) in [5.74, 6) is 0.469. The summed E-state index contributed by atoms with van der Waals surface area (Å²) in [6.45, 7) is 4.30. The van der Waals surface area contributed by atoms with Crippen LogP contribution in [0.25, 0.3) is 0 Å². The summed E-state index contributed by atoms with van der Waals surface area (Å²) in [6.07, 6.45) is 1.66. The van der Waals surface area contributed by atoms with Crippen molar-refractivity contribution in [2.75, 3.05) is 13.1 Å². The summed E-state index contributed by atoms with van der Waals surface area (Å²) < 4.78 is 29.9. The molecule has 0 aliphatic carbocycles. The first-order chi connectivity index (χ1) is 12.8. The van der Waals surface area contributed by atoms with Crippen molar-refractivity contribution in [1.29, 1.82) is 0 Å². The highest BCUT2D eigenvalue weighted by molar-refractivity contribution is 7.92. The van der Waals surface area contributed by atoms with Gasteiger partial charge in [0.15, 0.2) is 9.84 Å². The first-order valence-corrected chi connectivity index (χ1v) is 10.6. The van der Waals surface area contributed by atoms with Gasteiger partial charge in [-0.25, -0.2) is 13.4 Å². The molecule has 0 bridgehead atoms. The number of ether oxygens (including phenoxy) is 1. The second-order valence-electron chi connectivity index (χ2n) is 6.77. The molecule has 1 aliphatic heterocycles. The standard InChI is InChI=1S/C19H21ClN2O4S/c1-13(2)27(24,25)17-6-3-14(4-7-17)9-19(23)22-11-16(12-22)26-18-8-5-15(20)10-21-18/h3-8,10,13,16H,9,11-12H2,1-2H3. The lowest BCUT2D eigenvalue weighted by atomic mass is 10.1. The fraction of sp³-hybridized carbons (Fsp3) is 0.368. The summed E-state index contributed by atoms with van der Waals surface area (Å²) in [6, 6.07) is 9.91. The molecule has 1 aliphatic rings. The van der Waals surface area contributed by atoms with Crippen molar-refractivity contribution in [2.24, 2.45) is 0 Å². The average Bonchev–Trinajstić information content (AvgIpc) is 2.59. The largest absolute Gasteiger partial charge is 0.471 e. The van der Waals surface area contributed by atoms with E-state index in [4.69, 9.17) is 16.3 Å². The zero-order chi connectivity index (χ0) is 19.6. The van der Waals surface area contributed by atoms with Gasteiger partial charge >= 0.3 is 0 Å². The van der Waals surface area contributed by atoms with Crippen LogP contribution in [-0.2, 0) is 21.1 Å². The van der Waals surface area contributed by atoms with Gasteiger partial charge in [0.1, 0.15) is 6.10 Å². The van der Waals surface area contributed by atoms with E-state index in [1.807, 2.05) is 0 Å². The third kappa shape index (κ3) is 4.59. The quantitative estimate of drug-likeness (QED) is 0.734. The van der Waals surface area contributed by atoms with E-state index in [-0.39, 0.29) is 23.3 Å². The molecule has 1 fully saturated rings. The maximum atomic E-state index is 12.3. The molecule has 0 spiro atoms. The van der Waals surface area contributed by atoms with Crippen LogP contribution in [0.4, 0.5) is 0 Å². The molecule has 2 aromatic rings. The Morgan fingerprint density at radius 3 is 2.44 bits per heavy atom. The van der Waals surface area contributed by atoms with Crippen molar-refractivity contribution < 1.29 is 17.9 Å². The SMILES string of the molecule is CC(C)S(=O)(=O)c1ccc(CC(=O)N2CC(Oc3ccc(Cl)cn3)C2)cc1. The lowest BCUT2D eigenvalue weighted by Gasteiger charge is -2.38. The minimum Gasteiger partial charge on any atom is -0.471 e. The van der Waals surface area contributed by atoms with Gasteiger partial charge in [-0.2, -0.15) is 0 Å². The van der Waals surface area contributed by atoms with Crippen molar-refractivity contribution in [3.63, 3.8) is 0 Å². The van der Waals surface area contributed by atoms with Crippen molar-refractivity contribution in [2.45, 2.75) is 36.5 Å². The number of pyridine rings is 1. The predicted molar refractivity (Wildman–Crippen MR) is 103 cm³/mol. The molecule has 0 saturated carbocycles. The number of sulfone groups is 1. The number of likely N-dealkylation sites (tertiary alicyclic amines) is 1. The third-order valence-electron chi connectivity index (χ3n) is 4.42. The number of hydrogen-bond donors (Lipinski definition) is 0. The van der Waals surface area contributed by atoms with Crippen LogP contribution < -0.4 is 4.74 Å². The maximum absolute atomic E-state index is 12.3. The van der Waals surface area contributed by atoms with Gasteiger partial charge in [-0.3, -0.25) is 4.79 Å². The van der Waals surface area contributed by atoms with Gasteiger partial charge in [0, 0.05) is 12.3 Å². The Bertz CT molecular complexity index is 906. The average molecular weight is 409 g/mol. The predicted octanol–water partition coefficient (Wildman–Crippen LogP) is 2.75. The second kappa shape index (κ2) is 7.86. The number of halogens is 1. The summed E-state index contributed by atoms with van der Waals surface area (Å²) in [4.78, 5) is 18.4. The zero-order valence-electron chi connectivity index (χ0n) is 15.1. The van der Waals surface area contributed by atoms with E-state index in [9.17, 15) is 13.2 Å². The van der Waals surface area contributed by atoms with E-state index < -0.39 is 15.1 Å². The highest BCUT2D eigenvalue weighted by atomic mass is 35.5. The number of carbonyl (C=O) groups excluding carboxylic acids is 1. The Morgan fingerprint density at radius 1 is 1.22 bits per heavy atom. The fourth-order valence-electron chi connectivity index (χ4n) is 2.67. The highest BCUT2D eigenvalue weighted by Crippen LogP contribution is 2.20. The molecule has 27 heavy (non-hydrogen) atoms. The van der Waals surface area contributed by atoms with Crippen LogP contribution in [0.3, 0.4) is 0 Å². The molecular formula is C19H21ClN2O4S. The molecule has 6 nitrogen and oxygen atoms in total. The van der Waals surface area contributed by atoms with Gasteiger partial charge < -0.3 is 9.64 Å². The lowest BCUT2D eigenvalue weighted by Crippen LogP contribution is -2.56. The second-order valence-corrected chi connectivity index (χ2v) is 9.71. The van der Waals surface area contributed by atoms with Gasteiger partial charge in [-0.15, -0.1) is 0 Å². The molecule has 2 heterocycles. The first kappa shape index (κ1) is 19.6. The van der Waals surface area contributed by atoms with Crippen LogP contribution in [0.15, 0.2) is 47.5 Å². The number of benzene rings is 1. The van der Waals surface area contributed by atoms with Gasteiger partial charge in [0.25, 0.3) is 0 Å². The Balaban J connectivity index is 1.51. The molecule has 1 aromatic carbocycles. The van der Waals surface area contributed by atoms with Crippen LogP contribution in [0.2, 0.25) is 5.02 Å². The summed E-state index contributed by atoms with van der Waals surface area (Å²) in [5.41, 5.74) is 0.784. The normalized spacial score (nSPS) is 14.9. The van der Waals surface area contributed by atoms with Gasteiger partial charge in [0.05, 0.1) is 34.7 Å². The van der Waals surface area contributed by atoms with E-state index in [1.54, 1.807) is 55.1 Å². The molecule has 0 radical (unpaired) electrons. The monoisotopic (exact) mass is 408 g/mol. The Labute approximate surface area is 164 Å². The summed E-state index contributed by atoms with van der Waals surface area (Å²) in [5, 5.41) is 0.0677. The van der Waals surface area contributed by atoms with E-state index >= 15 is 0 Å². The van der Waals surface area contributed by atoms with Crippen LogP contribution >= 0.6 is 11.6 Å².